The number of piperidine rings is 2. The summed E-state index contributed by atoms with van der Waals surface area (Å²) in [5.74, 6) is 0.830. The monoisotopic (exact) mass is 1170 g/mol. The number of carbonyl (C=O) groups is 3. The lowest BCUT2D eigenvalue weighted by atomic mass is 9.65. The number of halogens is 2. The molecule has 2 aliphatic carbocycles. The highest BCUT2D eigenvalue weighted by Gasteiger charge is 2.46. The summed E-state index contributed by atoms with van der Waals surface area (Å²) in [5, 5.41) is 18.7. The smallest absolute Gasteiger partial charge is 0.328 e. The van der Waals surface area contributed by atoms with Gasteiger partial charge in [-0.25, -0.2) is 13.6 Å². The van der Waals surface area contributed by atoms with Crippen LogP contribution in [0.3, 0.4) is 0 Å². The molecule has 6 fully saturated rings. The first-order valence-corrected chi connectivity index (χ1v) is 30.8. The van der Waals surface area contributed by atoms with Gasteiger partial charge >= 0.3 is 12.0 Å². The average Bonchev–Trinajstić information content (AvgIpc) is 2.05. The van der Waals surface area contributed by atoms with Crippen molar-refractivity contribution < 1.29 is 47.2 Å². The number of nitrogens with one attached hydrogen (secondary N) is 1. The quantitative estimate of drug-likeness (QED) is 0.0690. The van der Waals surface area contributed by atoms with Crippen LogP contribution in [0, 0.1) is 28.4 Å². The van der Waals surface area contributed by atoms with Gasteiger partial charge in [0.15, 0.2) is 12.6 Å². The van der Waals surface area contributed by atoms with Gasteiger partial charge in [0.25, 0.3) is 5.91 Å². The molecule has 5 aromatic carbocycles. The molecule has 86 heavy (non-hydrogen) atoms. The van der Waals surface area contributed by atoms with Crippen LogP contribution in [0.25, 0.3) is 54.5 Å². The SMILES string of the molecule is CCc1ccc2c(ccc3c4cc(OCOC)cc(-c5ncc6c(N7CCCC(C)(O)C7)nc(OCC7(CN8CCN(CC9CCC%10(CC9)CCN(C(=O)c9ccc(OC)c(N%11CCC(=O)NC%11=O)c9)CC%10)CC8)CC7)nc6c5F)c4ccc23)c1F. The molecular formula is C67H77F2N9O8. The number of fused-ring (bicyclic) bond motifs is 6. The first kappa shape index (κ1) is 57.7. The van der Waals surface area contributed by atoms with Gasteiger partial charge in [0.1, 0.15) is 34.3 Å². The van der Waals surface area contributed by atoms with Crippen molar-refractivity contribution in [3.05, 3.63) is 95.7 Å². The molecule has 4 amide bonds. The maximum absolute atomic E-state index is 17.8. The van der Waals surface area contributed by atoms with Crippen molar-refractivity contribution in [3.8, 4) is 28.8 Å². The highest BCUT2D eigenvalue weighted by Crippen LogP contribution is 2.49. The van der Waals surface area contributed by atoms with Gasteiger partial charge in [0.2, 0.25) is 5.91 Å². The molecule has 17 nitrogen and oxygen atoms in total. The number of likely N-dealkylation sites (tertiary alicyclic amines) is 1. The Morgan fingerprint density at radius 3 is 2.20 bits per heavy atom. The van der Waals surface area contributed by atoms with Crippen molar-refractivity contribution in [3.63, 3.8) is 0 Å². The van der Waals surface area contributed by atoms with Crippen molar-refractivity contribution in [2.24, 2.45) is 16.7 Å². The molecule has 6 heterocycles. The van der Waals surface area contributed by atoms with E-state index >= 15 is 8.78 Å². The van der Waals surface area contributed by atoms with E-state index in [1.54, 1.807) is 37.6 Å². The number of aryl methyl sites for hydroxylation is 1. The fourth-order valence-corrected chi connectivity index (χ4v) is 14.5. The van der Waals surface area contributed by atoms with E-state index in [2.05, 4.69) is 15.1 Å². The third-order valence-corrected chi connectivity index (χ3v) is 19.8. The molecule has 0 radical (unpaired) electrons. The number of nitrogens with zero attached hydrogens (tertiary/aromatic N) is 8. The number of amides is 4. The van der Waals surface area contributed by atoms with Crippen molar-refractivity contribution in [1.29, 1.82) is 0 Å². The average molecular weight is 1170 g/mol. The first-order chi connectivity index (χ1) is 41.6. The van der Waals surface area contributed by atoms with Gasteiger partial charge in [-0.05, 0) is 152 Å². The number of carbonyl (C=O) groups excluding carboxylic acids is 3. The van der Waals surface area contributed by atoms with Crippen LogP contribution in [0.1, 0.15) is 100 Å². The molecule has 2 N–H and O–H groups in total. The molecule has 452 valence electrons. The number of benzene rings is 5. The van der Waals surface area contributed by atoms with Crippen LogP contribution in [-0.2, 0) is 16.0 Å². The van der Waals surface area contributed by atoms with E-state index in [0.717, 1.165) is 98.3 Å². The van der Waals surface area contributed by atoms with E-state index in [-0.39, 0.29) is 65.4 Å². The lowest BCUT2D eigenvalue weighted by Gasteiger charge is -2.47. The molecular weight excluding hydrogens is 1100 g/mol. The number of anilines is 2. The van der Waals surface area contributed by atoms with Crippen LogP contribution >= 0.6 is 0 Å². The van der Waals surface area contributed by atoms with Crippen LogP contribution in [-0.4, -0.2) is 158 Å². The molecule has 2 aromatic heterocycles. The summed E-state index contributed by atoms with van der Waals surface area (Å²) >= 11 is 0. The van der Waals surface area contributed by atoms with Gasteiger partial charge in [-0.15, -0.1) is 0 Å². The number of urea groups is 1. The predicted molar refractivity (Wildman–Crippen MR) is 327 cm³/mol. The molecule has 4 saturated heterocycles. The van der Waals surface area contributed by atoms with E-state index < -0.39 is 17.4 Å². The third-order valence-electron chi connectivity index (χ3n) is 19.8. The minimum absolute atomic E-state index is 0.0312. The second-order valence-electron chi connectivity index (χ2n) is 25.6. The summed E-state index contributed by atoms with van der Waals surface area (Å²) in [4.78, 5) is 63.6. The van der Waals surface area contributed by atoms with Crippen LogP contribution in [0.5, 0.6) is 17.5 Å². The van der Waals surface area contributed by atoms with Gasteiger partial charge in [0.05, 0.1) is 30.4 Å². The Labute approximate surface area is 499 Å². The van der Waals surface area contributed by atoms with Crippen LogP contribution < -0.4 is 29.3 Å². The third kappa shape index (κ3) is 11.4. The summed E-state index contributed by atoms with van der Waals surface area (Å²) in [6, 6.07) is 19.9. The zero-order chi connectivity index (χ0) is 59.5. The maximum Gasteiger partial charge on any atom is 0.328 e. The largest absolute Gasteiger partial charge is 0.495 e. The molecule has 19 heteroatoms. The van der Waals surface area contributed by atoms with Gasteiger partial charge in [-0.3, -0.25) is 24.8 Å². The number of piperazine rings is 1. The van der Waals surface area contributed by atoms with Crippen LogP contribution in [0.2, 0.25) is 0 Å². The molecule has 1 atom stereocenters. The van der Waals surface area contributed by atoms with Gasteiger partial charge in [-0.2, -0.15) is 9.97 Å². The van der Waals surface area contributed by atoms with E-state index in [0.29, 0.717) is 102 Å². The molecule has 0 bridgehead atoms. The van der Waals surface area contributed by atoms with Crippen molar-refractivity contribution in [2.45, 2.75) is 96.5 Å². The van der Waals surface area contributed by atoms with Gasteiger partial charge < -0.3 is 43.7 Å². The van der Waals surface area contributed by atoms with Crippen molar-refractivity contribution in [1.82, 2.24) is 35.0 Å². The van der Waals surface area contributed by atoms with Crippen LogP contribution in [0.4, 0.5) is 25.1 Å². The Balaban J connectivity index is 0.660. The normalized spacial score (nSPS) is 21.2. The number of pyridine rings is 1. The number of β-amino-alcohol motifs (C(OH)–C–C–N with tert-alkyl or cyclic N) is 1. The number of hydrogen-bond acceptors (Lipinski definition) is 14. The summed E-state index contributed by atoms with van der Waals surface area (Å²) in [5.41, 5.74) is 1.52. The van der Waals surface area contributed by atoms with Gasteiger partial charge in [-0.1, -0.05) is 43.3 Å². The van der Waals surface area contributed by atoms with E-state index in [9.17, 15) is 19.5 Å². The second-order valence-corrected chi connectivity index (χ2v) is 25.6. The molecule has 7 aromatic rings. The lowest BCUT2D eigenvalue weighted by molar-refractivity contribution is -0.120. The Morgan fingerprint density at radius 1 is 0.756 bits per heavy atom. The molecule has 13 rings (SSSR count). The van der Waals surface area contributed by atoms with Crippen molar-refractivity contribution in [2.75, 3.05) is 109 Å². The number of ether oxygens (including phenoxy) is 4. The zero-order valence-electron chi connectivity index (χ0n) is 49.8. The van der Waals surface area contributed by atoms with Crippen LogP contribution in [0.15, 0.2) is 72.9 Å². The highest BCUT2D eigenvalue weighted by atomic mass is 19.1. The summed E-state index contributed by atoms with van der Waals surface area (Å²) in [6.07, 6.45) is 12.5. The topological polar surface area (TPSA) is 175 Å². The Bertz CT molecular complexity index is 3780. The van der Waals surface area contributed by atoms with E-state index in [1.807, 2.05) is 66.1 Å². The summed E-state index contributed by atoms with van der Waals surface area (Å²) in [6.45, 7) is 12.7. The summed E-state index contributed by atoms with van der Waals surface area (Å²) in [7, 11) is 3.07. The Morgan fingerprint density at radius 2 is 1.48 bits per heavy atom. The molecule has 1 spiro atoms. The van der Waals surface area contributed by atoms with E-state index in [1.165, 1.54) is 37.7 Å². The van der Waals surface area contributed by atoms with E-state index in [4.69, 9.17) is 33.9 Å². The number of imide groups is 1. The molecule has 6 aliphatic rings. The zero-order valence-corrected chi connectivity index (χ0v) is 49.8. The maximum atomic E-state index is 17.8. The Kier molecular flexibility index (Phi) is 15.7. The standard InChI is InChI=1S/C67H77F2N9O8/c1-5-43-7-9-47-46-10-11-49-51(48(46)12-13-50(47)57(43)68)34-45(86-41-83-3)35-52(49)59-58(69)60-53(36-70-59)61(77-25-6-18-65(2,82)38-77)73-63(72-60)85-40-67(21-22-67)39-75-31-29-74(30-32-75)37-42-15-19-66(20-16-42)23-27-76(28-24-66)62(80)44-8-14-55(84-4)54(33-44)78-26-17-56(79)71-64(78)81/h7-14,33-36,42,82H,5-6,15-32,37-41H2,1-4H3,(H,71,79,81). The minimum Gasteiger partial charge on any atom is -0.495 e. The van der Waals surface area contributed by atoms with Crippen molar-refractivity contribution >= 4 is 72.6 Å². The molecule has 4 aliphatic heterocycles. The first-order valence-electron chi connectivity index (χ1n) is 30.8. The van der Waals surface area contributed by atoms with Gasteiger partial charge in [0, 0.05) is 114 Å². The Hall–Kier alpha value is -7.32. The molecule has 1 unspecified atom stereocenters. The second kappa shape index (κ2) is 23.4. The number of methoxy groups -OCH3 is 2. The summed E-state index contributed by atoms with van der Waals surface area (Å²) < 4.78 is 57.0. The number of hydrogen-bond donors (Lipinski definition) is 2. The molecule has 2 saturated carbocycles. The number of aromatic nitrogens is 3. The number of rotatable bonds is 16. The fourth-order valence-electron chi connectivity index (χ4n) is 14.5. The highest BCUT2D eigenvalue weighted by molar-refractivity contribution is 6.20. The number of aliphatic hydroxyl groups is 1. The predicted octanol–water partition coefficient (Wildman–Crippen LogP) is 10.7. The minimum atomic E-state index is -0.970. The lowest BCUT2D eigenvalue weighted by Crippen LogP contribution is -2.50. The fraction of sp³-hybridized carbons (Fsp3) is 0.493.